The van der Waals surface area contributed by atoms with Gasteiger partial charge < -0.3 is 5.73 Å². The number of benzene rings is 1. The Morgan fingerprint density at radius 2 is 1.96 bits per heavy atom. The van der Waals surface area contributed by atoms with E-state index in [1.807, 2.05) is 20.8 Å². The van der Waals surface area contributed by atoms with Crippen LogP contribution in [-0.4, -0.2) is 15.5 Å². The Labute approximate surface area is 160 Å². The predicted octanol–water partition coefficient (Wildman–Crippen LogP) is 3.96. The molecule has 0 aliphatic rings. The number of carbonyl (C=O) groups excluding carboxylic acids is 1. The summed E-state index contributed by atoms with van der Waals surface area (Å²) in [6.07, 6.45) is 1.79. The van der Waals surface area contributed by atoms with E-state index in [1.165, 1.54) is 28.0 Å². The molecular formula is C20H22FN3O2S. The monoisotopic (exact) mass is 387 g/mol. The summed E-state index contributed by atoms with van der Waals surface area (Å²) in [5.74, 6) is -0.308. The molecule has 3 rings (SSSR count). The summed E-state index contributed by atoms with van der Waals surface area (Å²) in [6.45, 7) is 5.73. The van der Waals surface area contributed by atoms with Crippen LogP contribution in [0.5, 0.6) is 0 Å². The Kier molecular flexibility index (Phi) is 5.41. The molecule has 0 spiro atoms. The van der Waals surface area contributed by atoms with Crippen molar-refractivity contribution in [1.29, 1.82) is 0 Å². The zero-order chi connectivity index (χ0) is 19.7. The minimum Gasteiger partial charge on any atom is -0.368 e. The fourth-order valence-electron chi connectivity index (χ4n) is 3.41. The van der Waals surface area contributed by atoms with Crippen LogP contribution in [0.15, 0.2) is 29.1 Å². The summed E-state index contributed by atoms with van der Waals surface area (Å²) in [7, 11) is 0. The standard InChI is InChI=1S/C20H22FN3O2S/c1-4-6-15-23-19-17(20(26)24(15)14(5-2)18(22)25)16(11(3)27-19)12-7-9-13(21)10-8-12/h7-10,14H,4-6H2,1-3H3,(H2,22,25). The zero-order valence-electron chi connectivity index (χ0n) is 15.6. The van der Waals surface area contributed by atoms with Gasteiger partial charge >= 0.3 is 0 Å². The smallest absolute Gasteiger partial charge is 0.263 e. The number of carbonyl (C=O) groups is 1. The second kappa shape index (κ2) is 7.60. The summed E-state index contributed by atoms with van der Waals surface area (Å²) in [6, 6.07) is 5.30. The van der Waals surface area contributed by atoms with E-state index in [4.69, 9.17) is 10.7 Å². The van der Waals surface area contributed by atoms with Crippen molar-refractivity contribution in [2.24, 2.45) is 5.73 Å². The quantitative estimate of drug-likeness (QED) is 0.695. The molecule has 1 amide bonds. The van der Waals surface area contributed by atoms with Crippen molar-refractivity contribution >= 4 is 27.5 Å². The first-order valence-electron chi connectivity index (χ1n) is 8.98. The lowest BCUT2D eigenvalue weighted by molar-refractivity contribution is -0.121. The van der Waals surface area contributed by atoms with Gasteiger partial charge in [-0.05, 0) is 37.5 Å². The lowest BCUT2D eigenvalue weighted by Crippen LogP contribution is -2.36. The lowest BCUT2D eigenvalue weighted by Gasteiger charge is -2.19. The third kappa shape index (κ3) is 3.39. The molecule has 0 bridgehead atoms. The Bertz CT molecular complexity index is 1050. The molecular weight excluding hydrogens is 365 g/mol. The van der Waals surface area contributed by atoms with Crippen LogP contribution < -0.4 is 11.3 Å². The van der Waals surface area contributed by atoms with Crippen molar-refractivity contribution in [3.63, 3.8) is 0 Å². The minimum atomic E-state index is -0.739. The molecule has 142 valence electrons. The van der Waals surface area contributed by atoms with Crippen molar-refractivity contribution in [3.8, 4) is 11.1 Å². The topological polar surface area (TPSA) is 78.0 Å². The summed E-state index contributed by atoms with van der Waals surface area (Å²) >= 11 is 1.43. The Morgan fingerprint density at radius 3 is 2.52 bits per heavy atom. The molecule has 0 saturated carbocycles. The number of hydrogen-bond acceptors (Lipinski definition) is 4. The molecule has 7 heteroatoms. The second-order valence-electron chi connectivity index (χ2n) is 6.50. The van der Waals surface area contributed by atoms with E-state index >= 15 is 0 Å². The molecule has 2 N–H and O–H groups in total. The number of hydrogen-bond donors (Lipinski definition) is 1. The molecule has 0 aliphatic carbocycles. The number of primary amides is 1. The summed E-state index contributed by atoms with van der Waals surface area (Å²) < 4.78 is 14.8. The maximum Gasteiger partial charge on any atom is 0.263 e. The van der Waals surface area contributed by atoms with Crippen molar-refractivity contribution in [2.75, 3.05) is 0 Å². The van der Waals surface area contributed by atoms with E-state index in [2.05, 4.69) is 0 Å². The van der Waals surface area contributed by atoms with Crippen LogP contribution in [0.3, 0.4) is 0 Å². The fourth-order valence-corrected chi connectivity index (χ4v) is 4.47. The molecule has 1 unspecified atom stereocenters. The van der Waals surface area contributed by atoms with E-state index in [0.29, 0.717) is 28.9 Å². The van der Waals surface area contributed by atoms with E-state index < -0.39 is 11.9 Å². The number of nitrogens with two attached hydrogens (primary N) is 1. The Balaban J connectivity index is 2.38. The lowest BCUT2D eigenvalue weighted by atomic mass is 10.0. The molecule has 2 heterocycles. The number of fused-ring (bicyclic) bond motifs is 1. The molecule has 0 fully saturated rings. The SMILES string of the molecule is CCCc1nc2sc(C)c(-c3ccc(F)cc3)c2c(=O)n1C(CC)C(N)=O. The summed E-state index contributed by atoms with van der Waals surface area (Å²) in [5.41, 5.74) is 6.79. The van der Waals surface area contributed by atoms with E-state index in [9.17, 15) is 14.0 Å². The van der Waals surface area contributed by atoms with Crippen LogP contribution in [0.25, 0.3) is 21.3 Å². The van der Waals surface area contributed by atoms with Gasteiger partial charge in [0.2, 0.25) is 5.91 Å². The first-order valence-corrected chi connectivity index (χ1v) is 9.80. The summed E-state index contributed by atoms with van der Waals surface area (Å²) in [5, 5.41) is 0.462. The van der Waals surface area contributed by atoms with Crippen LogP contribution in [0.4, 0.5) is 4.39 Å². The first kappa shape index (κ1) is 19.2. The Morgan fingerprint density at radius 1 is 1.30 bits per heavy atom. The highest BCUT2D eigenvalue weighted by Crippen LogP contribution is 2.36. The predicted molar refractivity (Wildman–Crippen MR) is 107 cm³/mol. The molecule has 5 nitrogen and oxygen atoms in total. The number of aromatic nitrogens is 2. The van der Waals surface area contributed by atoms with Gasteiger partial charge in [0, 0.05) is 16.9 Å². The maximum atomic E-state index is 13.5. The molecule has 2 aromatic heterocycles. The van der Waals surface area contributed by atoms with Crippen LogP contribution in [0.1, 0.15) is 43.4 Å². The average Bonchev–Trinajstić information content (AvgIpc) is 2.95. The second-order valence-corrected chi connectivity index (χ2v) is 7.70. The molecule has 0 aliphatic heterocycles. The Hall–Kier alpha value is -2.54. The van der Waals surface area contributed by atoms with Crippen molar-refractivity contribution in [1.82, 2.24) is 9.55 Å². The average molecular weight is 387 g/mol. The number of amides is 1. The number of thiophene rings is 1. The van der Waals surface area contributed by atoms with Gasteiger partial charge in [-0.25, -0.2) is 9.37 Å². The van der Waals surface area contributed by atoms with Gasteiger partial charge in [0.1, 0.15) is 22.5 Å². The van der Waals surface area contributed by atoms with Gasteiger partial charge in [0.05, 0.1) is 5.39 Å². The highest BCUT2D eigenvalue weighted by atomic mass is 32.1. The van der Waals surface area contributed by atoms with Crippen molar-refractivity contribution < 1.29 is 9.18 Å². The molecule has 0 radical (unpaired) electrons. The number of rotatable bonds is 6. The highest BCUT2D eigenvalue weighted by Gasteiger charge is 2.25. The number of halogens is 1. The van der Waals surface area contributed by atoms with Gasteiger partial charge in [-0.1, -0.05) is 26.0 Å². The third-order valence-corrected chi connectivity index (χ3v) is 5.64. The first-order chi connectivity index (χ1) is 12.9. The third-order valence-electron chi connectivity index (χ3n) is 4.64. The maximum absolute atomic E-state index is 13.5. The van der Waals surface area contributed by atoms with Gasteiger partial charge in [0.25, 0.3) is 5.56 Å². The molecule has 27 heavy (non-hydrogen) atoms. The molecule has 1 atom stereocenters. The van der Waals surface area contributed by atoms with E-state index in [1.54, 1.807) is 12.1 Å². The van der Waals surface area contributed by atoms with E-state index in [0.717, 1.165) is 22.4 Å². The largest absolute Gasteiger partial charge is 0.368 e. The van der Waals surface area contributed by atoms with Gasteiger partial charge in [-0.15, -0.1) is 11.3 Å². The number of nitrogens with zero attached hydrogens (tertiary/aromatic N) is 2. The molecule has 3 aromatic rings. The van der Waals surface area contributed by atoms with Crippen LogP contribution >= 0.6 is 11.3 Å². The van der Waals surface area contributed by atoms with Gasteiger partial charge in [0.15, 0.2) is 0 Å². The molecule has 1 aromatic carbocycles. The summed E-state index contributed by atoms with van der Waals surface area (Å²) in [4.78, 5) is 31.7. The highest BCUT2D eigenvalue weighted by molar-refractivity contribution is 7.19. The van der Waals surface area contributed by atoms with Crippen molar-refractivity contribution in [3.05, 3.63) is 51.1 Å². The van der Waals surface area contributed by atoms with Crippen LogP contribution in [0.2, 0.25) is 0 Å². The normalized spacial score (nSPS) is 12.4. The van der Waals surface area contributed by atoms with Gasteiger partial charge in [-0.3, -0.25) is 14.2 Å². The van der Waals surface area contributed by atoms with Crippen LogP contribution in [-0.2, 0) is 11.2 Å². The number of aryl methyl sites for hydroxylation is 2. The van der Waals surface area contributed by atoms with Crippen molar-refractivity contribution in [2.45, 2.75) is 46.1 Å². The zero-order valence-corrected chi connectivity index (χ0v) is 16.4. The van der Waals surface area contributed by atoms with Gasteiger partial charge in [-0.2, -0.15) is 0 Å². The van der Waals surface area contributed by atoms with E-state index in [-0.39, 0.29) is 11.4 Å². The fraction of sp³-hybridized carbons (Fsp3) is 0.350. The molecule has 0 saturated heterocycles. The van der Waals surface area contributed by atoms with Crippen LogP contribution in [0, 0.1) is 12.7 Å². The minimum absolute atomic E-state index is 0.266.